The number of anilines is 2. The molecule has 51 heavy (non-hydrogen) atoms. The highest BCUT2D eigenvalue weighted by Gasteiger charge is 2.38. The minimum Gasteiger partial charge on any atom is -0.497 e. The van der Waals surface area contributed by atoms with Gasteiger partial charge in [0.15, 0.2) is 5.82 Å². The van der Waals surface area contributed by atoms with Crippen LogP contribution in [0.3, 0.4) is 0 Å². The summed E-state index contributed by atoms with van der Waals surface area (Å²) in [6, 6.07) is 15.2. The van der Waals surface area contributed by atoms with Gasteiger partial charge in [-0.1, -0.05) is 18.2 Å². The Balaban J connectivity index is 1.51. The molecule has 0 saturated heterocycles. The zero-order chi connectivity index (χ0) is 37.1. The largest absolute Gasteiger partial charge is 0.497 e. The van der Waals surface area contributed by atoms with Gasteiger partial charge in [-0.2, -0.15) is 0 Å². The number of halogens is 2. The topological polar surface area (TPSA) is 144 Å². The van der Waals surface area contributed by atoms with Crippen molar-refractivity contribution in [2.75, 3.05) is 26.1 Å². The lowest BCUT2D eigenvalue weighted by Crippen LogP contribution is -2.55. The van der Waals surface area contributed by atoms with Crippen molar-refractivity contribution in [1.29, 1.82) is 0 Å². The first kappa shape index (κ1) is 36.5. The average molecular weight is 703 g/mol. The number of hydrogen-bond donors (Lipinski definition) is 3. The van der Waals surface area contributed by atoms with Gasteiger partial charge in [0.25, 0.3) is 5.91 Å². The lowest BCUT2D eigenvalue weighted by Gasteiger charge is -2.31. The van der Waals surface area contributed by atoms with E-state index in [9.17, 15) is 23.2 Å². The molecule has 2 heterocycles. The van der Waals surface area contributed by atoms with Crippen LogP contribution in [0.15, 0.2) is 60.7 Å². The molecule has 3 aromatic carbocycles. The van der Waals surface area contributed by atoms with Crippen molar-refractivity contribution in [3.8, 4) is 22.9 Å². The molecule has 0 saturated carbocycles. The second kappa shape index (κ2) is 14.6. The lowest BCUT2D eigenvalue weighted by atomic mass is 9.90. The Labute approximate surface area is 294 Å². The van der Waals surface area contributed by atoms with E-state index in [-0.39, 0.29) is 36.0 Å². The van der Waals surface area contributed by atoms with Gasteiger partial charge in [0.2, 0.25) is 5.91 Å². The van der Waals surface area contributed by atoms with Gasteiger partial charge in [-0.15, -0.1) is 0 Å². The van der Waals surface area contributed by atoms with E-state index in [1.165, 1.54) is 25.2 Å². The van der Waals surface area contributed by atoms with E-state index in [0.717, 1.165) is 12.1 Å². The van der Waals surface area contributed by atoms with E-state index in [2.05, 4.69) is 25.9 Å². The van der Waals surface area contributed by atoms with Crippen LogP contribution in [0.4, 0.5) is 25.1 Å². The fraction of sp³-hybridized carbons (Fsp3) is 0.324. The number of amides is 3. The normalized spacial score (nSPS) is 13.6. The number of carbonyl (C=O) groups excluding carboxylic acids is 3. The second-order valence-corrected chi connectivity index (χ2v) is 13.0. The van der Waals surface area contributed by atoms with Crippen LogP contribution in [0, 0.1) is 11.6 Å². The molecule has 0 spiro atoms. The summed E-state index contributed by atoms with van der Waals surface area (Å²) >= 11 is 0. The molecule has 3 amide bonds. The summed E-state index contributed by atoms with van der Waals surface area (Å²) in [6.07, 6.45) is -0.779. The maximum Gasteiger partial charge on any atom is 0.408 e. The number of alkyl carbamates (subject to hydrolysis) is 1. The minimum absolute atomic E-state index is 0.0259. The number of nitrogens with one attached hydrogen (secondary N) is 3. The molecule has 1 aliphatic rings. The summed E-state index contributed by atoms with van der Waals surface area (Å²) in [5.74, 6) is -1.72. The first-order valence-electron chi connectivity index (χ1n) is 16.2. The summed E-state index contributed by atoms with van der Waals surface area (Å²) in [5, 5.41) is 8.54. The van der Waals surface area contributed by atoms with E-state index in [0.29, 0.717) is 34.9 Å². The second-order valence-electron chi connectivity index (χ2n) is 13.0. The van der Waals surface area contributed by atoms with E-state index < -0.39 is 46.2 Å². The number of carbonyl (C=O) groups is 3. The maximum atomic E-state index is 15.0. The molecule has 0 unspecified atom stereocenters. The average Bonchev–Trinajstić information content (AvgIpc) is 3.38. The third kappa shape index (κ3) is 7.84. The predicted octanol–water partition coefficient (Wildman–Crippen LogP) is 6.21. The van der Waals surface area contributed by atoms with Crippen molar-refractivity contribution < 1.29 is 37.4 Å². The number of benzene rings is 3. The molecule has 4 aromatic rings. The van der Waals surface area contributed by atoms with Gasteiger partial charge < -0.3 is 35.1 Å². The molecule has 14 heteroatoms. The van der Waals surface area contributed by atoms with Gasteiger partial charge >= 0.3 is 6.09 Å². The van der Waals surface area contributed by atoms with E-state index in [1.54, 1.807) is 77.1 Å². The first-order chi connectivity index (χ1) is 24.2. The maximum absolute atomic E-state index is 15.0. The zero-order valence-electron chi connectivity index (χ0n) is 29.4. The Bertz CT molecular complexity index is 1950. The van der Waals surface area contributed by atoms with Crippen LogP contribution in [0.25, 0.3) is 11.4 Å². The molecule has 0 fully saturated rings. The highest BCUT2D eigenvalue weighted by atomic mass is 19.1. The molecule has 0 radical (unpaired) electrons. The number of rotatable bonds is 11. The van der Waals surface area contributed by atoms with Gasteiger partial charge in [0, 0.05) is 23.9 Å². The van der Waals surface area contributed by atoms with Gasteiger partial charge in [-0.3, -0.25) is 9.59 Å². The van der Waals surface area contributed by atoms with Gasteiger partial charge in [-0.05, 0) is 76.6 Å². The van der Waals surface area contributed by atoms with Crippen LogP contribution in [0.2, 0.25) is 0 Å². The molecule has 1 aliphatic heterocycles. The first-order valence-corrected chi connectivity index (χ1v) is 16.2. The third-order valence-electron chi connectivity index (χ3n) is 8.13. The van der Waals surface area contributed by atoms with E-state index >= 15 is 0 Å². The van der Waals surface area contributed by atoms with Crippen LogP contribution in [-0.2, 0) is 28.2 Å². The summed E-state index contributed by atoms with van der Waals surface area (Å²) in [4.78, 5) is 50.4. The van der Waals surface area contributed by atoms with Crippen LogP contribution in [-0.4, -0.2) is 59.1 Å². The highest BCUT2D eigenvalue weighted by Crippen LogP contribution is 2.35. The molecule has 0 aliphatic carbocycles. The van der Waals surface area contributed by atoms with Crippen molar-refractivity contribution in [3.63, 3.8) is 0 Å². The van der Waals surface area contributed by atoms with Gasteiger partial charge in [-0.25, -0.2) is 23.5 Å². The molecule has 0 bridgehead atoms. The molecule has 3 N–H and O–H groups in total. The Hall–Kier alpha value is -5.79. The lowest BCUT2D eigenvalue weighted by molar-refractivity contribution is -0.127. The summed E-state index contributed by atoms with van der Waals surface area (Å²) < 4.78 is 46.2. The Morgan fingerprint density at radius 2 is 1.61 bits per heavy atom. The number of hydrogen-bond acceptors (Lipinski definition) is 9. The number of ether oxygens (including phenoxy) is 3. The van der Waals surface area contributed by atoms with Crippen molar-refractivity contribution >= 4 is 29.4 Å². The fourth-order valence-corrected chi connectivity index (χ4v) is 5.62. The van der Waals surface area contributed by atoms with E-state index in [4.69, 9.17) is 14.2 Å². The monoisotopic (exact) mass is 702 g/mol. The molecule has 1 aromatic heterocycles. The van der Waals surface area contributed by atoms with Crippen LogP contribution in [0.1, 0.15) is 61.8 Å². The minimum atomic E-state index is -1.51. The van der Waals surface area contributed by atoms with Crippen molar-refractivity contribution in [3.05, 3.63) is 94.7 Å². The quantitative estimate of drug-likeness (QED) is 0.166. The highest BCUT2D eigenvalue weighted by molar-refractivity contribution is 6.03. The number of fused-ring (bicyclic) bond motifs is 1. The summed E-state index contributed by atoms with van der Waals surface area (Å²) in [6.45, 7) is 8.96. The van der Waals surface area contributed by atoms with Gasteiger partial charge in [0.05, 0.1) is 38.6 Å². The zero-order valence-corrected chi connectivity index (χ0v) is 29.4. The third-order valence-corrected chi connectivity index (χ3v) is 8.13. The molecular formula is C37H40F2N6O6. The summed E-state index contributed by atoms with van der Waals surface area (Å²) in [7, 11) is 3.05. The Morgan fingerprint density at radius 3 is 2.22 bits per heavy atom. The fourth-order valence-electron chi connectivity index (χ4n) is 5.62. The number of nitrogens with zero attached hydrogens (tertiary/aromatic N) is 3. The van der Waals surface area contributed by atoms with Gasteiger partial charge in [0.1, 0.15) is 45.7 Å². The molecule has 268 valence electrons. The van der Waals surface area contributed by atoms with E-state index in [1.807, 2.05) is 0 Å². The van der Waals surface area contributed by atoms with Crippen LogP contribution in [0.5, 0.6) is 11.5 Å². The Morgan fingerprint density at radius 1 is 0.922 bits per heavy atom. The van der Waals surface area contributed by atoms with Crippen LogP contribution < -0.4 is 25.4 Å². The number of likely N-dealkylation sites (N-methyl/N-ethyl adjacent to an activating group) is 1. The van der Waals surface area contributed by atoms with Crippen LogP contribution >= 0.6 is 0 Å². The molecule has 5 rings (SSSR count). The predicted molar refractivity (Wildman–Crippen MR) is 186 cm³/mol. The van der Waals surface area contributed by atoms with Crippen molar-refractivity contribution in [2.24, 2.45) is 0 Å². The molecular weight excluding hydrogens is 662 g/mol. The Kier molecular flexibility index (Phi) is 10.4. The summed E-state index contributed by atoms with van der Waals surface area (Å²) in [5.41, 5.74) is -0.783. The number of aromatic nitrogens is 2. The number of methoxy groups -OCH3 is 2. The molecule has 12 nitrogen and oxygen atoms in total. The van der Waals surface area contributed by atoms with Crippen molar-refractivity contribution in [1.82, 2.24) is 25.5 Å². The van der Waals surface area contributed by atoms with Crippen molar-refractivity contribution in [2.45, 2.75) is 58.8 Å². The SMILES string of the molecule is CCNC(=O)[C@@](C)(NC(=O)OC(C)(C)C)c1ccc(Nc2nc(-c3c(F)cccc3F)nc3c2C(=O)N(Cc2ccc(OC)cc2OC)C3)cc1. The molecule has 1 atom stereocenters. The standard InChI is InChI=1S/C37H40F2N6O6/c1-8-40-34(47)37(5,44-35(48)51-36(2,3)4)22-13-15-23(16-14-22)41-32-30-27(42-31(43-32)29-25(38)10-9-11-26(29)39)20-45(33(30)46)19-21-12-17-24(49-6)18-28(21)50-7/h9-18H,8,19-20H2,1-7H3,(H,40,47)(H,44,48)(H,41,42,43)/t37-/m0/s1. The smallest absolute Gasteiger partial charge is 0.408 e.